The van der Waals surface area contributed by atoms with Gasteiger partial charge in [0.25, 0.3) is 0 Å². The van der Waals surface area contributed by atoms with Crippen molar-refractivity contribution in [1.82, 2.24) is 4.98 Å². The molecule has 3 aromatic rings. The van der Waals surface area contributed by atoms with Gasteiger partial charge in [0.15, 0.2) is 0 Å². The highest BCUT2D eigenvalue weighted by Gasteiger charge is 2.19. The van der Waals surface area contributed by atoms with Crippen molar-refractivity contribution in [3.05, 3.63) is 66.4 Å². The molecule has 98 valence electrons. The first kappa shape index (κ1) is 11.7. The van der Waals surface area contributed by atoms with E-state index in [1.807, 2.05) is 12.3 Å². The first-order chi connectivity index (χ1) is 9.92. The molecule has 20 heavy (non-hydrogen) atoms. The van der Waals surface area contributed by atoms with E-state index in [1.165, 1.54) is 41.2 Å². The number of aromatic nitrogens is 1. The smallest absolute Gasteiger partial charge is 0.0780 e. The molecule has 1 aliphatic carbocycles. The Morgan fingerprint density at radius 2 is 1.75 bits per heavy atom. The van der Waals surface area contributed by atoms with Gasteiger partial charge in [-0.3, -0.25) is 4.98 Å². The molecule has 0 spiro atoms. The summed E-state index contributed by atoms with van der Waals surface area (Å²) in [5.41, 5.74) is 3.77. The third-order valence-corrected chi connectivity index (χ3v) is 4.41. The summed E-state index contributed by atoms with van der Waals surface area (Å²) in [6.07, 6.45) is 6.01. The standard InChI is InChI=1S/C19H17N/c1-2-5-15(6-3-1)19-18-10-9-16(14-7-4-8-14)13-17(18)11-12-20-19/h1-3,5-6,9-14H,4,7-8H2. The van der Waals surface area contributed by atoms with Gasteiger partial charge in [-0.15, -0.1) is 0 Å². The Morgan fingerprint density at radius 3 is 2.50 bits per heavy atom. The lowest BCUT2D eigenvalue weighted by atomic mass is 9.79. The van der Waals surface area contributed by atoms with Gasteiger partial charge in [-0.1, -0.05) is 55.0 Å². The van der Waals surface area contributed by atoms with Gasteiger partial charge in [0.1, 0.15) is 0 Å². The second kappa shape index (κ2) is 4.75. The molecule has 1 heterocycles. The number of nitrogens with zero attached hydrogens (tertiary/aromatic N) is 1. The molecule has 1 heteroatoms. The maximum absolute atomic E-state index is 4.59. The first-order valence-corrected chi connectivity index (χ1v) is 7.36. The van der Waals surface area contributed by atoms with Gasteiger partial charge in [0, 0.05) is 17.1 Å². The average Bonchev–Trinajstić information content (AvgIpc) is 2.45. The van der Waals surface area contributed by atoms with Gasteiger partial charge in [-0.2, -0.15) is 0 Å². The van der Waals surface area contributed by atoms with E-state index < -0.39 is 0 Å². The molecular formula is C19H17N. The lowest BCUT2D eigenvalue weighted by Gasteiger charge is -2.26. The molecule has 1 nitrogen and oxygen atoms in total. The van der Waals surface area contributed by atoms with Gasteiger partial charge in [0.05, 0.1) is 5.69 Å². The molecule has 1 saturated carbocycles. The van der Waals surface area contributed by atoms with Crippen molar-refractivity contribution in [2.45, 2.75) is 25.2 Å². The quantitative estimate of drug-likeness (QED) is 0.618. The molecule has 1 fully saturated rings. The highest BCUT2D eigenvalue weighted by molar-refractivity contribution is 5.94. The zero-order valence-electron chi connectivity index (χ0n) is 11.4. The van der Waals surface area contributed by atoms with E-state index in [1.54, 1.807) is 0 Å². The Kier molecular flexibility index (Phi) is 2.77. The predicted octanol–water partition coefficient (Wildman–Crippen LogP) is 5.17. The fourth-order valence-electron chi connectivity index (χ4n) is 3.02. The summed E-state index contributed by atoms with van der Waals surface area (Å²) in [4.78, 5) is 4.59. The number of hydrogen-bond acceptors (Lipinski definition) is 1. The third-order valence-electron chi connectivity index (χ3n) is 4.41. The van der Waals surface area contributed by atoms with Crippen LogP contribution in [0.2, 0.25) is 0 Å². The number of hydrogen-bond donors (Lipinski definition) is 0. The Labute approximate surface area is 119 Å². The van der Waals surface area contributed by atoms with Crippen molar-refractivity contribution in [2.24, 2.45) is 0 Å². The minimum Gasteiger partial charge on any atom is -0.256 e. The van der Waals surface area contributed by atoms with Crippen LogP contribution in [0.1, 0.15) is 30.7 Å². The van der Waals surface area contributed by atoms with Gasteiger partial charge in [-0.05, 0) is 35.8 Å². The summed E-state index contributed by atoms with van der Waals surface area (Å²) in [6, 6.07) is 19.5. The van der Waals surface area contributed by atoms with E-state index in [9.17, 15) is 0 Å². The molecule has 0 amide bonds. The summed E-state index contributed by atoms with van der Waals surface area (Å²) in [5.74, 6) is 0.785. The Hall–Kier alpha value is -2.15. The van der Waals surface area contributed by atoms with Crippen LogP contribution in [-0.2, 0) is 0 Å². The molecule has 0 aliphatic heterocycles. The Balaban J connectivity index is 1.86. The maximum Gasteiger partial charge on any atom is 0.0780 e. The van der Waals surface area contributed by atoms with Crippen molar-refractivity contribution >= 4 is 10.8 Å². The number of fused-ring (bicyclic) bond motifs is 1. The monoisotopic (exact) mass is 259 g/mol. The van der Waals surface area contributed by atoms with Crippen molar-refractivity contribution in [1.29, 1.82) is 0 Å². The topological polar surface area (TPSA) is 12.9 Å². The maximum atomic E-state index is 4.59. The van der Waals surface area contributed by atoms with Crippen LogP contribution >= 0.6 is 0 Å². The molecule has 0 unspecified atom stereocenters. The molecule has 4 rings (SSSR count). The summed E-state index contributed by atoms with van der Waals surface area (Å²) < 4.78 is 0. The molecule has 2 aromatic carbocycles. The van der Waals surface area contributed by atoms with E-state index in [0.717, 1.165) is 11.6 Å². The molecular weight excluding hydrogens is 242 g/mol. The lowest BCUT2D eigenvalue weighted by Crippen LogP contribution is -2.08. The minimum atomic E-state index is 0.785. The van der Waals surface area contributed by atoms with Crippen LogP contribution in [-0.4, -0.2) is 4.98 Å². The SMILES string of the molecule is c1ccc(-c2nccc3cc(C4CCC4)ccc23)cc1. The zero-order valence-corrected chi connectivity index (χ0v) is 11.4. The van der Waals surface area contributed by atoms with Gasteiger partial charge >= 0.3 is 0 Å². The summed E-state index contributed by atoms with van der Waals surface area (Å²) >= 11 is 0. The Morgan fingerprint density at radius 1 is 0.900 bits per heavy atom. The first-order valence-electron chi connectivity index (χ1n) is 7.36. The summed E-state index contributed by atoms with van der Waals surface area (Å²) in [5, 5.41) is 2.56. The zero-order chi connectivity index (χ0) is 13.4. The van der Waals surface area contributed by atoms with Crippen molar-refractivity contribution in [2.75, 3.05) is 0 Å². The van der Waals surface area contributed by atoms with Crippen molar-refractivity contribution in [3.63, 3.8) is 0 Å². The molecule has 1 aliphatic rings. The Bertz CT molecular complexity index is 742. The van der Waals surface area contributed by atoms with Crippen LogP contribution in [0, 0.1) is 0 Å². The molecule has 0 bridgehead atoms. The number of pyridine rings is 1. The molecule has 0 atom stereocenters. The molecule has 0 N–H and O–H groups in total. The predicted molar refractivity (Wildman–Crippen MR) is 83.8 cm³/mol. The molecule has 1 aromatic heterocycles. The number of benzene rings is 2. The van der Waals surface area contributed by atoms with Crippen LogP contribution < -0.4 is 0 Å². The van der Waals surface area contributed by atoms with Crippen molar-refractivity contribution < 1.29 is 0 Å². The van der Waals surface area contributed by atoms with E-state index in [0.29, 0.717) is 0 Å². The fourth-order valence-corrected chi connectivity index (χ4v) is 3.02. The van der Waals surface area contributed by atoms with Gasteiger partial charge in [0.2, 0.25) is 0 Å². The average molecular weight is 259 g/mol. The van der Waals surface area contributed by atoms with E-state index in [-0.39, 0.29) is 0 Å². The largest absolute Gasteiger partial charge is 0.256 e. The van der Waals surface area contributed by atoms with Crippen LogP contribution in [0.15, 0.2) is 60.8 Å². The third kappa shape index (κ3) is 1.90. The number of rotatable bonds is 2. The van der Waals surface area contributed by atoms with Crippen LogP contribution in [0.5, 0.6) is 0 Å². The van der Waals surface area contributed by atoms with Crippen LogP contribution in [0.4, 0.5) is 0 Å². The highest BCUT2D eigenvalue weighted by Crippen LogP contribution is 2.38. The highest BCUT2D eigenvalue weighted by atomic mass is 14.7. The molecule has 0 saturated heterocycles. The van der Waals surface area contributed by atoms with E-state index in [2.05, 4.69) is 53.5 Å². The molecule has 0 radical (unpaired) electrons. The normalized spacial score (nSPS) is 15.2. The van der Waals surface area contributed by atoms with E-state index in [4.69, 9.17) is 0 Å². The summed E-state index contributed by atoms with van der Waals surface area (Å²) in [7, 11) is 0. The van der Waals surface area contributed by atoms with Crippen LogP contribution in [0.25, 0.3) is 22.0 Å². The second-order valence-corrected chi connectivity index (χ2v) is 5.63. The summed E-state index contributed by atoms with van der Waals surface area (Å²) in [6.45, 7) is 0. The lowest BCUT2D eigenvalue weighted by molar-refractivity contribution is 0.420. The van der Waals surface area contributed by atoms with Gasteiger partial charge < -0.3 is 0 Å². The van der Waals surface area contributed by atoms with Crippen LogP contribution in [0.3, 0.4) is 0 Å². The fraction of sp³-hybridized carbons (Fsp3) is 0.211. The minimum absolute atomic E-state index is 0.785. The van der Waals surface area contributed by atoms with Gasteiger partial charge in [-0.25, -0.2) is 0 Å². The van der Waals surface area contributed by atoms with E-state index >= 15 is 0 Å². The second-order valence-electron chi connectivity index (χ2n) is 5.63. The van der Waals surface area contributed by atoms with Crippen molar-refractivity contribution in [3.8, 4) is 11.3 Å².